The van der Waals surface area contributed by atoms with Gasteiger partial charge >= 0.3 is 6.09 Å². The number of aliphatic hydroxyl groups excluding tert-OH is 1. The summed E-state index contributed by atoms with van der Waals surface area (Å²) in [6.07, 6.45) is -1.57. The van der Waals surface area contributed by atoms with E-state index in [-0.39, 0.29) is 12.0 Å². The molecule has 2 amide bonds. The van der Waals surface area contributed by atoms with Crippen LogP contribution in [-0.2, 0) is 9.53 Å². The number of cyclic esters (lactones) is 1. The average molecular weight is 320 g/mol. The molecule has 0 spiro atoms. The van der Waals surface area contributed by atoms with Gasteiger partial charge < -0.3 is 25.4 Å². The van der Waals surface area contributed by atoms with Crippen LogP contribution in [0.4, 0.5) is 21.9 Å². The minimum absolute atomic E-state index is 0.158. The van der Waals surface area contributed by atoms with Crippen LogP contribution in [-0.4, -0.2) is 49.2 Å². The van der Waals surface area contributed by atoms with E-state index < -0.39 is 12.4 Å². The highest BCUT2D eigenvalue weighted by molar-refractivity contribution is 5.92. The van der Waals surface area contributed by atoms with Gasteiger partial charge in [0.15, 0.2) is 0 Å². The molecule has 0 aromatic heterocycles. The molecule has 2 aliphatic rings. The molecule has 23 heavy (non-hydrogen) atoms. The maximum atomic E-state index is 12.0. The van der Waals surface area contributed by atoms with E-state index >= 15 is 0 Å². The summed E-state index contributed by atoms with van der Waals surface area (Å²) < 4.78 is 5.25. The Balaban J connectivity index is 1.74. The van der Waals surface area contributed by atoms with Crippen molar-refractivity contribution < 1.29 is 19.4 Å². The summed E-state index contributed by atoms with van der Waals surface area (Å²) in [7, 11) is 0. The van der Waals surface area contributed by atoms with Crippen LogP contribution in [0.5, 0.6) is 0 Å². The fourth-order valence-electron chi connectivity index (χ4n) is 2.85. The Hall–Kier alpha value is -2.48. The lowest BCUT2D eigenvalue weighted by Gasteiger charge is -2.20. The molecule has 1 fully saturated rings. The number of fused-ring (bicyclic) bond motifs is 1. The normalized spacial score (nSPS) is 22.7. The molecule has 0 aliphatic carbocycles. The molecule has 124 valence electrons. The first-order valence-corrected chi connectivity index (χ1v) is 7.57. The molecule has 8 nitrogen and oxygen atoms in total. The second-order valence-electron chi connectivity index (χ2n) is 5.56. The fraction of sp³-hybridized carbons (Fsp3) is 0.467. The first-order chi connectivity index (χ1) is 11.0. The van der Waals surface area contributed by atoms with Crippen LogP contribution in [0.25, 0.3) is 0 Å². The Morgan fingerprint density at radius 3 is 3.00 bits per heavy atom. The zero-order valence-electron chi connectivity index (χ0n) is 13.1. The number of aliphatic hydroxyl groups is 1. The zero-order chi connectivity index (χ0) is 16.6. The van der Waals surface area contributed by atoms with E-state index in [1.54, 1.807) is 0 Å². The van der Waals surface area contributed by atoms with Gasteiger partial charge in [0.25, 0.3) is 0 Å². The summed E-state index contributed by atoms with van der Waals surface area (Å²) >= 11 is 0. The Labute approximate surface area is 134 Å². The van der Waals surface area contributed by atoms with Crippen LogP contribution < -0.4 is 20.4 Å². The molecule has 2 aliphatic heterocycles. The molecule has 0 bridgehead atoms. The van der Waals surface area contributed by atoms with Crippen LogP contribution in [0.15, 0.2) is 18.2 Å². The van der Waals surface area contributed by atoms with Gasteiger partial charge in [0.05, 0.1) is 24.5 Å². The van der Waals surface area contributed by atoms with Crippen molar-refractivity contribution in [2.24, 2.45) is 0 Å². The van der Waals surface area contributed by atoms with E-state index in [1.165, 1.54) is 11.8 Å². The van der Waals surface area contributed by atoms with E-state index in [0.29, 0.717) is 25.3 Å². The third kappa shape index (κ3) is 2.89. The largest absolute Gasteiger partial charge is 0.442 e. The van der Waals surface area contributed by atoms with Crippen LogP contribution >= 0.6 is 0 Å². The smallest absolute Gasteiger partial charge is 0.414 e. The number of ether oxygens (including phenoxy) is 1. The highest BCUT2D eigenvalue weighted by atomic mass is 16.6. The van der Waals surface area contributed by atoms with Gasteiger partial charge in [-0.2, -0.15) is 0 Å². The van der Waals surface area contributed by atoms with Crippen molar-refractivity contribution in [2.45, 2.75) is 26.3 Å². The van der Waals surface area contributed by atoms with Crippen molar-refractivity contribution in [1.82, 2.24) is 5.32 Å². The molecule has 3 rings (SSSR count). The number of anilines is 3. The number of hydrogen-bond donors (Lipinski definition) is 3. The summed E-state index contributed by atoms with van der Waals surface area (Å²) in [5.74, 6) is -0.158. The third-order valence-corrected chi connectivity index (χ3v) is 3.97. The standard InChI is InChI=1S/C15H20N4O4/c1-3-18-13-5-4-10(6-12(13)17-14(18)21)19-8-11(23-15(19)22)7-16-9(2)20/h4-6,11,14,17,21H,3,7-8H2,1-2H3,(H,16,20)/t11-,14?/m0/s1. The first-order valence-electron chi connectivity index (χ1n) is 7.57. The average Bonchev–Trinajstić information content (AvgIpc) is 3.03. The number of carbonyl (C=O) groups excluding carboxylic acids is 2. The quantitative estimate of drug-likeness (QED) is 0.755. The highest BCUT2D eigenvalue weighted by Crippen LogP contribution is 2.37. The van der Waals surface area contributed by atoms with Crippen LogP contribution in [0.2, 0.25) is 0 Å². The highest BCUT2D eigenvalue weighted by Gasteiger charge is 2.34. The molecule has 0 saturated carbocycles. The van der Waals surface area contributed by atoms with Gasteiger partial charge in [-0.25, -0.2) is 4.79 Å². The number of benzene rings is 1. The van der Waals surface area contributed by atoms with Crippen molar-refractivity contribution >= 4 is 29.1 Å². The van der Waals surface area contributed by atoms with Gasteiger partial charge in [-0.3, -0.25) is 9.69 Å². The molecule has 1 saturated heterocycles. The van der Waals surface area contributed by atoms with E-state index in [2.05, 4.69) is 10.6 Å². The number of nitrogens with zero attached hydrogens (tertiary/aromatic N) is 2. The minimum Gasteiger partial charge on any atom is -0.442 e. The number of rotatable bonds is 4. The summed E-state index contributed by atoms with van der Waals surface area (Å²) in [5, 5.41) is 15.6. The number of nitrogens with one attached hydrogen (secondary N) is 2. The van der Waals surface area contributed by atoms with Gasteiger partial charge in [0.1, 0.15) is 6.10 Å². The lowest BCUT2D eigenvalue weighted by molar-refractivity contribution is -0.119. The van der Waals surface area contributed by atoms with Crippen molar-refractivity contribution in [3.05, 3.63) is 18.2 Å². The molecule has 2 atom stereocenters. The maximum Gasteiger partial charge on any atom is 0.414 e. The summed E-state index contributed by atoms with van der Waals surface area (Å²) in [5.41, 5.74) is 2.36. The topological polar surface area (TPSA) is 94.1 Å². The summed E-state index contributed by atoms with van der Waals surface area (Å²) in [6.45, 7) is 4.72. The van der Waals surface area contributed by atoms with Crippen molar-refractivity contribution in [3.63, 3.8) is 0 Å². The number of hydrogen-bond acceptors (Lipinski definition) is 6. The fourth-order valence-corrected chi connectivity index (χ4v) is 2.85. The monoisotopic (exact) mass is 320 g/mol. The lowest BCUT2D eigenvalue weighted by Crippen LogP contribution is -2.34. The molecule has 1 aromatic rings. The Bertz CT molecular complexity index is 636. The van der Waals surface area contributed by atoms with Crippen molar-refractivity contribution in [2.75, 3.05) is 34.8 Å². The molecule has 1 aromatic carbocycles. The van der Waals surface area contributed by atoms with Crippen LogP contribution in [0.3, 0.4) is 0 Å². The minimum atomic E-state index is -0.761. The Kier molecular flexibility index (Phi) is 3.99. The van der Waals surface area contributed by atoms with E-state index in [0.717, 1.165) is 11.4 Å². The Morgan fingerprint density at radius 2 is 2.30 bits per heavy atom. The Morgan fingerprint density at radius 1 is 1.52 bits per heavy atom. The predicted octanol–water partition coefficient (Wildman–Crippen LogP) is 0.676. The first kappa shape index (κ1) is 15.4. The number of carbonyl (C=O) groups is 2. The van der Waals surface area contributed by atoms with Crippen molar-refractivity contribution in [1.29, 1.82) is 0 Å². The van der Waals surface area contributed by atoms with Gasteiger partial charge in [-0.05, 0) is 25.1 Å². The summed E-state index contributed by atoms with van der Waals surface area (Å²) in [6, 6.07) is 5.51. The second-order valence-corrected chi connectivity index (χ2v) is 5.56. The van der Waals surface area contributed by atoms with E-state index in [9.17, 15) is 14.7 Å². The molecular weight excluding hydrogens is 300 g/mol. The summed E-state index contributed by atoms with van der Waals surface area (Å²) in [4.78, 5) is 26.3. The molecule has 3 N–H and O–H groups in total. The van der Waals surface area contributed by atoms with Crippen LogP contribution in [0.1, 0.15) is 13.8 Å². The van der Waals surface area contributed by atoms with Gasteiger partial charge in [0, 0.05) is 19.2 Å². The van der Waals surface area contributed by atoms with Gasteiger partial charge in [0.2, 0.25) is 12.3 Å². The number of amides is 2. The van der Waals surface area contributed by atoms with E-state index in [1.807, 2.05) is 30.0 Å². The van der Waals surface area contributed by atoms with Crippen LogP contribution in [0, 0.1) is 0 Å². The molecule has 8 heteroatoms. The maximum absolute atomic E-state index is 12.0. The molecule has 2 heterocycles. The lowest BCUT2D eigenvalue weighted by atomic mass is 10.2. The molecule has 0 radical (unpaired) electrons. The zero-order valence-corrected chi connectivity index (χ0v) is 13.1. The van der Waals surface area contributed by atoms with Gasteiger partial charge in [-0.15, -0.1) is 0 Å². The van der Waals surface area contributed by atoms with Crippen molar-refractivity contribution in [3.8, 4) is 0 Å². The van der Waals surface area contributed by atoms with Gasteiger partial charge in [-0.1, -0.05) is 0 Å². The predicted molar refractivity (Wildman–Crippen MR) is 85.4 cm³/mol. The van der Waals surface area contributed by atoms with E-state index in [4.69, 9.17) is 4.74 Å². The third-order valence-electron chi connectivity index (χ3n) is 3.97. The molecule has 1 unspecified atom stereocenters. The molecular formula is C15H20N4O4. The SMILES string of the molecule is CCN1c2ccc(N3C[C@H](CNC(C)=O)OC3=O)cc2NC1O. The second kappa shape index (κ2) is 5.96.